The Hall–Kier alpha value is -1.01. The van der Waals surface area contributed by atoms with Gasteiger partial charge in [-0.05, 0) is 0 Å². The SMILES string of the molecule is C[Si](C)(C)C(=[N+]=[N-])OC(=[N+]=[N-])[Si](C)(C)C. The minimum Gasteiger partial charge on any atom is -0.358 e. The van der Waals surface area contributed by atoms with Gasteiger partial charge >= 0.3 is 11.0 Å². The summed E-state index contributed by atoms with van der Waals surface area (Å²) in [7, 11) is -3.67. The van der Waals surface area contributed by atoms with Gasteiger partial charge in [-0.25, -0.2) is 0 Å². The van der Waals surface area contributed by atoms with Crippen molar-refractivity contribution in [1.29, 1.82) is 0 Å². The molecule has 15 heavy (non-hydrogen) atoms. The molecule has 0 amide bonds. The summed E-state index contributed by atoms with van der Waals surface area (Å²) in [6.45, 7) is 11.9. The smallest absolute Gasteiger partial charge is 0.358 e. The van der Waals surface area contributed by atoms with Crippen LogP contribution in [0.4, 0.5) is 0 Å². The largest absolute Gasteiger partial charge is 0.413 e. The third kappa shape index (κ3) is 4.35. The summed E-state index contributed by atoms with van der Waals surface area (Å²) in [6.07, 6.45) is 0. The first-order chi connectivity index (χ1) is 6.62. The summed E-state index contributed by atoms with van der Waals surface area (Å²) in [5, 5.41) is 0. The zero-order valence-electron chi connectivity index (χ0n) is 10.2. The lowest BCUT2D eigenvalue weighted by Crippen LogP contribution is -2.44. The summed E-state index contributed by atoms with van der Waals surface area (Å²) in [5.74, 6) is 0. The second-order valence-electron chi connectivity index (χ2n) is 5.41. The molecule has 0 spiro atoms. The normalized spacial score (nSPS) is 11.3. The molecule has 5 nitrogen and oxygen atoms in total. The Kier molecular flexibility index (Phi) is 4.36. The van der Waals surface area contributed by atoms with Crippen LogP contribution >= 0.6 is 0 Å². The van der Waals surface area contributed by atoms with Crippen LogP contribution in [0.5, 0.6) is 0 Å². The van der Waals surface area contributed by atoms with Crippen molar-refractivity contribution < 1.29 is 14.3 Å². The van der Waals surface area contributed by atoms with E-state index in [1.807, 2.05) is 39.3 Å². The van der Waals surface area contributed by atoms with Gasteiger partial charge in [-0.1, -0.05) is 39.3 Å². The fourth-order valence-electron chi connectivity index (χ4n) is 0.739. The second-order valence-corrected chi connectivity index (χ2v) is 15.3. The second kappa shape index (κ2) is 4.68. The van der Waals surface area contributed by atoms with E-state index >= 15 is 0 Å². The molecule has 0 aromatic heterocycles. The monoisotopic (exact) mass is 242 g/mol. The molecule has 0 aromatic rings. The molecule has 0 fully saturated rings. The highest BCUT2D eigenvalue weighted by Gasteiger charge is 2.41. The van der Waals surface area contributed by atoms with Crippen LogP contribution in [0.2, 0.25) is 39.3 Å². The van der Waals surface area contributed by atoms with Crippen molar-refractivity contribution >= 4 is 27.2 Å². The highest BCUT2D eigenvalue weighted by molar-refractivity contribution is 7.06. The molecule has 7 heteroatoms. The van der Waals surface area contributed by atoms with Crippen molar-refractivity contribution in [3.8, 4) is 0 Å². The molecule has 0 unspecified atom stereocenters. The van der Waals surface area contributed by atoms with Crippen molar-refractivity contribution in [2.75, 3.05) is 0 Å². The van der Waals surface area contributed by atoms with E-state index in [1.165, 1.54) is 0 Å². The minimum atomic E-state index is -1.84. The van der Waals surface area contributed by atoms with Crippen LogP contribution in [0.3, 0.4) is 0 Å². The van der Waals surface area contributed by atoms with Gasteiger partial charge in [0.05, 0.1) is 0 Å². The molecule has 0 atom stereocenters. The molecule has 0 aromatic carbocycles. The number of nitrogens with zero attached hydrogens (tertiary/aromatic N) is 4. The maximum Gasteiger partial charge on any atom is 0.413 e. The Morgan fingerprint density at radius 1 is 0.800 bits per heavy atom. The van der Waals surface area contributed by atoms with Crippen molar-refractivity contribution in [1.82, 2.24) is 0 Å². The van der Waals surface area contributed by atoms with E-state index in [4.69, 9.17) is 15.8 Å². The Morgan fingerprint density at radius 2 is 1.07 bits per heavy atom. The van der Waals surface area contributed by atoms with Gasteiger partial charge < -0.3 is 15.8 Å². The molecule has 0 N–H and O–H groups in total. The van der Waals surface area contributed by atoms with Crippen molar-refractivity contribution in [2.24, 2.45) is 0 Å². The maximum absolute atomic E-state index is 8.85. The molecule has 84 valence electrons. The quantitative estimate of drug-likeness (QED) is 0.240. The zero-order valence-corrected chi connectivity index (χ0v) is 12.2. The van der Waals surface area contributed by atoms with E-state index in [0.29, 0.717) is 0 Å². The van der Waals surface area contributed by atoms with Crippen LogP contribution in [0, 0.1) is 0 Å². The summed E-state index contributed by atoms with van der Waals surface area (Å²) in [6, 6.07) is 0. The van der Waals surface area contributed by atoms with E-state index < -0.39 is 16.1 Å². The van der Waals surface area contributed by atoms with Crippen molar-refractivity contribution in [3.05, 3.63) is 11.1 Å². The van der Waals surface area contributed by atoms with Crippen molar-refractivity contribution in [2.45, 2.75) is 39.3 Å². The predicted octanol–water partition coefficient (Wildman–Crippen LogP) is 2.01. The van der Waals surface area contributed by atoms with Crippen LogP contribution in [-0.2, 0) is 4.74 Å². The van der Waals surface area contributed by atoms with Crippen LogP contribution < -0.4 is 0 Å². The zero-order chi connectivity index (χ0) is 12.3. The fourth-order valence-corrected chi connectivity index (χ4v) is 2.25. The van der Waals surface area contributed by atoms with Gasteiger partial charge in [0, 0.05) is 0 Å². The number of hydrogen-bond acceptors (Lipinski definition) is 1. The first-order valence-corrected chi connectivity index (χ1v) is 11.8. The maximum atomic E-state index is 8.85. The van der Waals surface area contributed by atoms with Gasteiger partial charge in [-0.2, -0.15) is 0 Å². The lowest BCUT2D eigenvalue weighted by Gasteiger charge is -2.12. The minimum absolute atomic E-state index is 0.290. The fraction of sp³-hybridized carbons (Fsp3) is 0.750. The lowest BCUT2D eigenvalue weighted by atomic mass is 11.3. The Labute approximate surface area is 92.3 Å². The van der Waals surface area contributed by atoms with Crippen LogP contribution in [0.15, 0.2) is 0 Å². The molecular formula is C8H18N4OSi2. The van der Waals surface area contributed by atoms with E-state index in [0.717, 1.165) is 0 Å². The van der Waals surface area contributed by atoms with Crippen LogP contribution in [-0.4, -0.2) is 36.8 Å². The molecule has 0 saturated carbocycles. The molecule has 0 saturated heterocycles. The molecule has 0 bridgehead atoms. The first-order valence-electron chi connectivity index (χ1n) is 4.76. The Balaban J connectivity index is 5.04. The Morgan fingerprint density at radius 3 is 1.20 bits per heavy atom. The molecule has 0 aliphatic heterocycles. The molecule has 0 rings (SSSR count). The summed E-state index contributed by atoms with van der Waals surface area (Å²) < 4.78 is 5.40. The third-order valence-electron chi connectivity index (χ3n) is 1.66. The standard InChI is InChI=1S/C8H18N4OSi2/c1-14(2,3)7(11-9)13-8(12-10)15(4,5)6/h1-6H3. The number of hydrogen-bond donors (Lipinski definition) is 0. The van der Waals surface area contributed by atoms with E-state index in [1.54, 1.807) is 0 Å². The number of ether oxygens (including phenoxy) is 1. The molecule has 0 radical (unpaired) electrons. The predicted molar refractivity (Wildman–Crippen MR) is 65.0 cm³/mol. The number of rotatable bonds is 2. The first kappa shape index (κ1) is 14.0. The average molecular weight is 242 g/mol. The van der Waals surface area contributed by atoms with Crippen molar-refractivity contribution in [3.63, 3.8) is 0 Å². The molecule has 0 aliphatic carbocycles. The van der Waals surface area contributed by atoms with E-state index in [9.17, 15) is 0 Å². The average Bonchev–Trinajstić information content (AvgIpc) is 2.01. The summed E-state index contributed by atoms with van der Waals surface area (Å²) in [5.41, 5.74) is 18.3. The van der Waals surface area contributed by atoms with Gasteiger partial charge in [0.15, 0.2) is 0 Å². The van der Waals surface area contributed by atoms with Gasteiger partial charge in [0.2, 0.25) is 16.1 Å². The van der Waals surface area contributed by atoms with Gasteiger partial charge in [0.1, 0.15) is 0 Å². The van der Waals surface area contributed by atoms with Crippen LogP contribution in [0.1, 0.15) is 0 Å². The van der Waals surface area contributed by atoms with Gasteiger partial charge in [-0.15, -0.1) is 9.58 Å². The summed E-state index contributed by atoms with van der Waals surface area (Å²) >= 11 is 0. The molecular weight excluding hydrogens is 224 g/mol. The van der Waals surface area contributed by atoms with Gasteiger partial charge in [0.25, 0.3) is 0 Å². The van der Waals surface area contributed by atoms with E-state index in [2.05, 4.69) is 9.58 Å². The third-order valence-corrected chi connectivity index (χ3v) is 4.63. The Bertz CT molecular complexity index is 307. The topological polar surface area (TPSA) is 82.0 Å². The highest BCUT2D eigenvalue weighted by Crippen LogP contribution is 2.08. The lowest BCUT2D eigenvalue weighted by molar-refractivity contribution is -0.0478. The summed E-state index contributed by atoms with van der Waals surface area (Å²) in [4.78, 5) is 6.29. The van der Waals surface area contributed by atoms with E-state index in [-0.39, 0.29) is 11.0 Å². The molecule has 0 heterocycles. The molecule has 0 aliphatic rings. The van der Waals surface area contributed by atoms with Gasteiger partial charge in [-0.3, -0.25) is 0 Å². The van der Waals surface area contributed by atoms with Crippen LogP contribution in [0.25, 0.3) is 11.1 Å². The highest BCUT2D eigenvalue weighted by atomic mass is 28.3.